The van der Waals surface area contributed by atoms with Crippen molar-refractivity contribution >= 4 is 5.82 Å². The van der Waals surface area contributed by atoms with Crippen LogP contribution in [0.3, 0.4) is 0 Å². The van der Waals surface area contributed by atoms with Crippen LogP contribution in [0.4, 0.5) is 10.2 Å². The van der Waals surface area contributed by atoms with E-state index in [0.29, 0.717) is 11.4 Å². The SMILES string of the molecule is Nc1ccnn1CC(O)c1cccc(F)c1. The molecule has 1 aromatic carbocycles. The Morgan fingerprint density at radius 1 is 1.44 bits per heavy atom. The Morgan fingerprint density at radius 2 is 2.25 bits per heavy atom. The van der Waals surface area contributed by atoms with E-state index in [-0.39, 0.29) is 12.4 Å². The zero-order valence-electron chi connectivity index (χ0n) is 8.55. The molecule has 0 amide bonds. The molecule has 0 aliphatic rings. The molecule has 2 rings (SSSR count). The summed E-state index contributed by atoms with van der Waals surface area (Å²) in [6.45, 7) is 0.211. The van der Waals surface area contributed by atoms with Crippen molar-refractivity contribution in [3.05, 3.63) is 47.9 Å². The summed E-state index contributed by atoms with van der Waals surface area (Å²) >= 11 is 0. The molecular formula is C11H12FN3O. The third kappa shape index (κ3) is 2.20. The molecule has 0 radical (unpaired) electrons. The Hall–Kier alpha value is -1.88. The molecule has 84 valence electrons. The second kappa shape index (κ2) is 4.32. The van der Waals surface area contributed by atoms with Crippen LogP contribution in [-0.2, 0) is 6.54 Å². The van der Waals surface area contributed by atoms with Crippen LogP contribution in [0, 0.1) is 5.82 Å². The molecule has 1 atom stereocenters. The highest BCUT2D eigenvalue weighted by Crippen LogP contribution is 2.16. The summed E-state index contributed by atoms with van der Waals surface area (Å²) < 4.78 is 14.4. The lowest BCUT2D eigenvalue weighted by Crippen LogP contribution is -2.12. The van der Waals surface area contributed by atoms with Gasteiger partial charge in [-0.25, -0.2) is 9.07 Å². The zero-order valence-corrected chi connectivity index (χ0v) is 8.55. The number of hydrogen-bond acceptors (Lipinski definition) is 3. The first-order chi connectivity index (χ1) is 7.66. The molecule has 3 N–H and O–H groups in total. The fraction of sp³-hybridized carbons (Fsp3) is 0.182. The number of rotatable bonds is 3. The van der Waals surface area contributed by atoms with E-state index in [1.165, 1.54) is 16.8 Å². The van der Waals surface area contributed by atoms with Crippen LogP contribution in [0.5, 0.6) is 0 Å². The van der Waals surface area contributed by atoms with E-state index in [1.54, 1.807) is 24.4 Å². The number of halogens is 1. The number of hydrogen-bond donors (Lipinski definition) is 2. The van der Waals surface area contributed by atoms with Crippen molar-refractivity contribution in [2.75, 3.05) is 5.73 Å². The third-order valence-electron chi connectivity index (χ3n) is 2.33. The van der Waals surface area contributed by atoms with Gasteiger partial charge in [-0.3, -0.25) is 0 Å². The lowest BCUT2D eigenvalue weighted by Gasteiger charge is -2.12. The van der Waals surface area contributed by atoms with Crippen LogP contribution in [0.2, 0.25) is 0 Å². The third-order valence-corrected chi connectivity index (χ3v) is 2.33. The molecule has 16 heavy (non-hydrogen) atoms. The molecule has 0 saturated heterocycles. The van der Waals surface area contributed by atoms with Crippen molar-refractivity contribution in [2.45, 2.75) is 12.6 Å². The maximum Gasteiger partial charge on any atom is 0.123 e. The van der Waals surface area contributed by atoms with Crippen molar-refractivity contribution < 1.29 is 9.50 Å². The number of aromatic nitrogens is 2. The molecule has 1 aromatic heterocycles. The van der Waals surface area contributed by atoms with Gasteiger partial charge in [0.2, 0.25) is 0 Å². The molecule has 2 aromatic rings. The van der Waals surface area contributed by atoms with Gasteiger partial charge in [0.25, 0.3) is 0 Å². The second-order valence-corrected chi connectivity index (χ2v) is 3.51. The minimum absolute atomic E-state index is 0.211. The number of aliphatic hydroxyl groups is 1. The van der Waals surface area contributed by atoms with Crippen LogP contribution in [0.1, 0.15) is 11.7 Å². The highest BCUT2D eigenvalue weighted by atomic mass is 19.1. The van der Waals surface area contributed by atoms with Crippen molar-refractivity contribution in [3.63, 3.8) is 0 Å². The number of anilines is 1. The standard InChI is InChI=1S/C11H12FN3O/c12-9-3-1-2-8(6-9)10(16)7-15-11(13)4-5-14-15/h1-6,10,16H,7,13H2. The van der Waals surface area contributed by atoms with Gasteiger partial charge in [0.1, 0.15) is 11.6 Å². The molecule has 0 bridgehead atoms. The first-order valence-electron chi connectivity index (χ1n) is 4.87. The summed E-state index contributed by atoms with van der Waals surface area (Å²) in [6.07, 6.45) is 0.728. The van der Waals surface area contributed by atoms with Crippen LogP contribution >= 0.6 is 0 Å². The summed E-state index contributed by atoms with van der Waals surface area (Å²) in [6, 6.07) is 7.48. The van der Waals surface area contributed by atoms with Crippen LogP contribution in [-0.4, -0.2) is 14.9 Å². The molecule has 0 aliphatic carbocycles. The van der Waals surface area contributed by atoms with Crippen molar-refractivity contribution in [3.8, 4) is 0 Å². The fourth-order valence-corrected chi connectivity index (χ4v) is 1.48. The Balaban J connectivity index is 2.14. The smallest absolute Gasteiger partial charge is 0.123 e. The highest BCUT2D eigenvalue weighted by Gasteiger charge is 2.10. The second-order valence-electron chi connectivity index (χ2n) is 3.51. The van der Waals surface area contributed by atoms with Gasteiger partial charge in [-0.15, -0.1) is 0 Å². The van der Waals surface area contributed by atoms with E-state index in [9.17, 15) is 9.50 Å². The minimum atomic E-state index is -0.821. The normalized spacial score (nSPS) is 12.6. The van der Waals surface area contributed by atoms with Crippen molar-refractivity contribution in [1.82, 2.24) is 9.78 Å². The van der Waals surface area contributed by atoms with Crippen LogP contribution in [0.15, 0.2) is 36.5 Å². The van der Waals surface area contributed by atoms with Gasteiger partial charge in [0, 0.05) is 0 Å². The number of aliphatic hydroxyl groups excluding tert-OH is 1. The molecule has 5 heteroatoms. The monoisotopic (exact) mass is 221 g/mol. The largest absolute Gasteiger partial charge is 0.386 e. The number of nitrogens with zero attached hydrogens (tertiary/aromatic N) is 2. The maximum absolute atomic E-state index is 12.9. The van der Waals surface area contributed by atoms with E-state index in [1.807, 2.05) is 0 Å². The van der Waals surface area contributed by atoms with Crippen molar-refractivity contribution in [2.24, 2.45) is 0 Å². The minimum Gasteiger partial charge on any atom is -0.386 e. The van der Waals surface area contributed by atoms with Gasteiger partial charge in [-0.05, 0) is 23.8 Å². The average Bonchev–Trinajstić information content (AvgIpc) is 2.64. The van der Waals surface area contributed by atoms with E-state index in [0.717, 1.165) is 0 Å². The molecule has 0 spiro atoms. The van der Waals surface area contributed by atoms with E-state index in [2.05, 4.69) is 5.10 Å². The topological polar surface area (TPSA) is 64.1 Å². The van der Waals surface area contributed by atoms with Gasteiger partial charge in [-0.2, -0.15) is 5.10 Å². The molecule has 0 saturated carbocycles. The van der Waals surface area contributed by atoms with Gasteiger partial charge in [0.15, 0.2) is 0 Å². The van der Waals surface area contributed by atoms with Crippen molar-refractivity contribution in [1.29, 1.82) is 0 Å². The Kier molecular flexibility index (Phi) is 2.87. The Labute approximate surface area is 92.1 Å². The van der Waals surface area contributed by atoms with E-state index < -0.39 is 6.10 Å². The fourth-order valence-electron chi connectivity index (χ4n) is 1.48. The molecule has 1 heterocycles. The summed E-state index contributed by atoms with van der Waals surface area (Å²) in [5, 5.41) is 13.8. The van der Waals surface area contributed by atoms with Crippen LogP contribution < -0.4 is 5.73 Å². The Bertz CT molecular complexity index is 484. The average molecular weight is 221 g/mol. The van der Waals surface area contributed by atoms with Gasteiger partial charge >= 0.3 is 0 Å². The molecule has 1 unspecified atom stereocenters. The van der Waals surface area contributed by atoms with Gasteiger partial charge in [-0.1, -0.05) is 12.1 Å². The maximum atomic E-state index is 12.9. The van der Waals surface area contributed by atoms with Crippen LogP contribution in [0.25, 0.3) is 0 Å². The molecular weight excluding hydrogens is 209 g/mol. The summed E-state index contributed by atoms with van der Waals surface area (Å²) in [7, 11) is 0. The molecule has 4 nitrogen and oxygen atoms in total. The summed E-state index contributed by atoms with van der Waals surface area (Å²) in [5.41, 5.74) is 6.12. The van der Waals surface area contributed by atoms with E-state index in [4.69, 9.17) is 5.73 Å². The lowest BCUT2D eigenvalue weighted by molar-refractivity contribution is 0.152. The number of benzene rings is 1. The quantitative estimate of drug-likeness (QED) is 0.822. The molecule has 0 fully saturated rings. The lowest BCUT2D eigenvalue weighted by atomic mass is 10.1. The number of nitrogen functional groups attached to an aromatic ring is 1. The summed E-state index contributed by atoms with van der Waals surface area (Å²) in [4.78, 5) is 0. The van der Waals surface area contributed by atoms with Gasteiger partial charge in [0.05, 0.1) is 18.8 Å². The highest BCUT2D eigenvalue weighted by molar-refractivity contribution is 5.26. The van der Waals surface area contributed by atoms with E-state index >= 15 is 0 Å². The zero-order chi connectivity index (χ0) is 11.5. The first kappa shape index (κ1) is 10.6. The first-order valence-corrected chi connectivity index (χ1v) is 4.87. The number of nitrogens with two attached hydrogens (primary N) is 1. The predicted molar refractivity (Wildman–Crippen MR) is 58.0 cm³/mol. The predicted octanol–water partition coefficient (Wildman–Crippen LogP) is 1.34. The Morgan fingerprint density at radius 3 is 2.88 bits per heavy atom. The summed E-state index contributed by atoms with van der Waals surface area (Å²) in [5.74, 6) is 0.0976. The van der Waals surface area contributed by atoms with Gasteiger partial charge < -0.3 is 10.8 Å². The molecule has 0 aliphatic heterocycles.